The zero-order valence-corrected chi connectivity index (χ0v) is 11.5. The number of thioether (sulfide) groups is 1. The molecule has 0 unspecified atom stereocenters. The molecule has 16 heavy (non-hydrogen) atoms. The lowest BCUT2D eigenvalue weighted by Crippen LogP contribution is -2.26. The molecule has 1 aromatic rings. The van der Waals surface area contributed by atoms with Gasteiger partial charge in [-0.15, -0.1) is 23.1 Å². The van der Waals surface area contributed by atoms with Crippen molar-refractivity contribution in [3.63, 3.8) is 0 Å². The molecule has 88 valence electrons. The highest BCUT2D eigenvalue weighted by molar-refractivity contribution is 7.99. The second kappa shape index (κ2) is 6.99. The van der Waals surface area contributed by atoms with Crippen molar-refractivity contribution in [1.29, 1.82) is 0 Å². The van der Waals surface area contributed by atoms with Crippen LogP contribution >= 0.6 is 34.7 Å². The Hall–Kier alpha value is -0.450. The van der Waals surface area contributed by atoms with Gasteiger partial charge in [0.2, 0.25) is 5.91 Å². The molecule has 0 bridgehead atoms. The Morgan fingerprint density at radius 2 is 2.38 bits per heavy atom. The first kappa shape index (κ1) is 13.6. The van der Waals surface area contributed by atoms with Crippen LogP contribution in [-0.4, -0.2) is 18.2 Å². The number of hydrogen-bond acceptors (Lipinski definition) is 3. The van der Waals surface area contributed by atoms with Gasteiger partial charge in [-0.25, -0.2) is 0 Å². The van der Waals surface area contributed by atoms with Crippen LogP contribution in [0.1, 0.15) is 11.8 Å². The Balaban J connectivity index is 2.15. The summed E-state index contributed by atoms with van der Waals surface area (Å²) in [7, 11) is 0. The van der Waals surface area contributed by atoms with Gasteiger partial charge in [0, 0.05) is 17.2 Å². The van der Waals surface area contributed by atoms with Gasteiger partial charge in [-0.1, -0.05) is 23.8 Å². The summed E-state index contributed by atoms with van der Waals surface area (Å²) < 4.78 is 0.794. The van der Waals surface area contributed by atoms with Crippen LogP contribution in [0.4, 0.5) is 0 Å². The van der Waals surface area contributed by atoms with Crippen LogP contribution < -0.4 is 5.32 Å². The van der Waals surface area contributed by atoms with Crippen molar-refractivity contribution in [2.45, 2.75) is 12.7 Å². The molecule has 5 heteroatoms. The first-order valence-corrected chi connectivity index (χ1v) is 7.16. The standard InChI is InChI=1S/C11H14ClNOS2/c1-8(2)5-13-11(14)7-15-6-9-3-4-10(12)16-9/h3-4H,1,5-7H2,2H3,(H,13,14). The summed E-state index contributed by atoms with van der Waals surface area (Å²) >= 11 is 8.95. The molecule has 0 spiro atoms. The summed E-state index contributed by atoms with van der Waals surface area (Å²) in [6, 6.07) is 3.87. The largest absolute Gasteiger partial charge is 0.352 e. The molecule has 0 saturated carbocycles. The van der Waals surface area contributed by atoms with E-state index in [0.29, 0.717) is 12.3 Å². The Morgan fingerprint density at radius 3 is 2.94 bits per heavy atom. The quantitative estimate of drug-likeness (QED) is 0.807. The third-order valence-electron chi connectivity index (χ3n) is 1.69. The SMILES string of the molecule is C=C(C)CNC(=O)CSCc1ccc(Cl)s1. The first-order chi connectivity index (χ1) is 7.58. The Kier molecular flexibility index (Phi) is 5.95. The maximum atomic E-state index is 11.3. The van der Waals surface area contributed by atoms with Crippen molar-refractivity contribution in [3.05, 3.63) is 33.5 Å². The summed E-state index contributed by atoms with van der Waals surface area (Å²) in [6.45, 7) is 6.17. The van der Waals surface area contributed by atoms with Gasteiger partial charge in [-0.05, 0) is 19.1 Å². The van der Waals surface area contributed by atoms with E-state index in [1.807, 2.05) is 19.1 Å². The Bertz CT molecular complexity index is 376. The number of hydrogen-bond donors (Lipinski definition) is 1. The number of carbonyl (C=O) groups excluding carboxylic acids is 1. The van der Waals surface area contributed by atoms with Gasteiger partial charge in [0.05, 0.1) is 10.1 Å². The van der Waals surface area contributed by atoms with Crippen LogP contribution in [0.5, 0.6) is 0 Å². The van der Waals surface area contributed by atoms with Crippen LogP contribution in [-0.2, 0) is 10.5 Å². The molecule has 0 aromatic carbocycles. The van der Waals surface area contributed by atoms with Gasteiger partial charge in [-0.3, -0.25) is 4.79 Å². The molecule has 0 aliphatic heterocycles. The fourth-order valence-electron chi connectivity index (χ4n) is 0.974. The predicted molar refractivity (Wildman–Crippen MR) is 73.3 cm³/mol. The van der Waals surface area contributed by atoms with Gasteiger partial charge in [0.1, 0.15) is 0 Å². The van der Waals surface area contributed by atoms with Crippen molar-refractivity contribution in [2.75, 3.05) is 12.3 Å². The zero-order valence-electron chi connectivity index (χ0n) is 9.09. The van der Waals surface area contributed by atoms with Gasteiger partial charge in [0.15, 0.2) is 0 Å². The molecule has 0 radical (unpaired) electrons. The maximum Gasteiger partial charge on any atom is 0.230 e. The molecule has 0 saturated heterocycles. The number of halogens is 1. The van der Waals surface area contributed by atoms with Crippen LogP contribution in [0.25, 0.3) is 0 Å². The minimum absolute atomic E-state index is 0.0515. The topological polar surface area (TPSA) is 29.1 Å². The highest BCUT2D eigenvalue weighted by Gasteiger charge is 2.02. The maximum absolute atomic E-state index is 11.3. The molecule has 1 heterocycles. The second-order valence-corrected chi connectivity index (χ2v) is 6.22. The molecule has 1 amide bonds. The lowest BCUT2D eigenvalue weighted by molar-refractivity contribution is -0.118. The summed E-state index contributed by atoms with van der Waals surface area (Å²) in [5, 5.41) is 2.79. The molecular weight excluding hydrogens is 262 g/mol. The molecule has 0 aliphatic carbocycles. The molecule has 0 fully saturated rings. The van der Waals surface area contributed by atoms with Crippen LogP contribution in [0.3, 0.4) is 0 Å². The number of rotatable bonds is 6. The molecular formula is C11H14ClNOS2. The average molecular weight is 276 g/mol. The van der Waals surface area contributed by atoms with E-state index < -0.39 is 0 Å². The van der Waals surface area contributed by atoms with Crippen LogP contribution in [0.2, 0.25) is 4.34 Å². The highest BCUT2D eigenvalue weighted by Crippen LogP contribution is 2.24. The van der Waals surface area contributed by atoms with E-state index in [9.17, 15) is 4.79 Å². The first-order valence-electron chi connectivity index (χ1n) is 4.81. The number of amides is 1. The summed E-state index contributed by atoms with van der Waals surface area (Å²) in [5.41, 5.74) is 0.961. The molecule has 1 N–H and O–H groups in total. The molecule has 0 atom stereocenters. The molecule has 1 aromatic heterocycles. The summed E-state index contributed by atoms with van der Waals surface area (Å²) in [6.07, 6.45) is 0. The average Bonchev–Trinajstić information content (AvgIpc) is 2.61. The summed E-state index contributed by atoms with van der Waals surface area (Å²) in [4.78, 5) is 12.5. The number of carbonyl (C=O) groups is 1. The third-order valence-corrected chi connectivity index (χ3v) is 4.09. The van der Waals surface area contributed by atoms with Crippen molar-refractivity contribution >= 4 is 40.6 Å². The van der Waals surface area contributed by atoms with Gasteiger partial charge < -0.3 is 5.32 Å². The third kappa shape index (κ3) is 5.58. The van der Waals surface area contributed by atoms with E-state index >= 15 is 0 Å². The van der Waals surface area contributed by atoms with Crippen molar-refractivity contribution in [2.24, 2.45) is 0 Å². The van der Waals surface area contributed by atoms with Gasteiger partial charge in [0.25, 0.3) is 0 Å². The fraction of sp³-hybridized carbons (Fsp3) is 0.364. The van der Waals surface area contributed by atoms with Gasteiger partial charge >= 0.3 is 0 Å². The van der Waals surface area contributed by atoms with Crippen molar-refractivity contribution < 1.29 is 4.79 Å². The van der Waals surface area contributed by atoms with Gasteiger partial charge in [-0.2, -0.15) is 0 Å². The second-order valence-electron chi connectivity index (χ2n) is 3.43. The van der Waals surface area contributed by atoms with E-state index in [-0.39, 0.29) is 5.91 Å². The number of thiophene rings is 1. The Morgan fingerprint density at radius 1 is 1.62 bits per heavy atom. The Labute approximate surface area is 109 Å². The van der Waals surface area contributed by atoms with E-state index in [4.69, 9.17) is 11.6 Å². The number of nitrogens with one attached hydrogen (secondary N) is 1. The monoisotopic (exact) mass is 275 g/mol. The van der Waals surface area contributed by atoms with E-state index in [2.05, 4.69) is 11.9 Å². The van der Waals surface area contributed by atoms with Crippen molar-refractivity contribution in [1.82, 2.24) is 5.32 Å². The molecule has 2 nitrogen and oxygen atoms in total. The highest BCUT2D eigenvalue weighted by atomic mass is 35.5. The molecule has 1 rings (SSSR count). The predicted octanol–water partition coefficient (Wildman–Crippen LogP) is 3.33. The zero-order chi connectivity index (χ0) is 12.0. The lowest BCUT2D eigenvalue weighted by Gasteiger charge is -2.03. The van der Waals surface area contributed by atoms with E-state index in [1.54, 1.807) is 23.1 Å². The van der Waals surface area contributed by atoms with Crippen LogP contribution in [0, 0.1) is 0 Å². The lowest BCUT2D eigenvalue weighted by atomic mass is 10.3. The molecule has 0 aliphatic rings. The van der Waals surface area contributed by atoms with Crippen LogP contribution in [0.15, 0.2) is 24.3 Å². The fourth-order valence-corrected chi connectivity index (χ4v) is 3.03. The normalized spacial score (nSPS) is 10.1. The van der Waals surface area contributed by atoms with E-state index in [1.165, 1.54) is 4.88 Å². The summed E-state index contributed by atoms with van der Waals surface area (Å²) in [5.74, 6) is 1.36. The smallest absolute Gasteiger partial charge is 0.230 e. The minimum Gasteiger partial charge on any atom is -0.352 e. The van der Waals surface area contributed by atoms with E-state index in [0.717, 1.165) is 15.7 Å². The van der Waals surface area contributed by atoms with Crippen molar-refractivity contribution in [3.8, 4) is 0 Å². The minimum atomic E-state index is 0.0515.